The topological polar surface area (TPSA) is 224 Å². The Hall–Kier alpha value is -7.05. The van der Waals surface area contributed by atoms with Gasteiger partial charge in [0.15, 0.2) is 6.10 Å². The summed E-state index contributed by atoms with van der Waals surface area (Å²) in [5, 5.41) is 20.1. The number of amides is 2. The number of aryl methyl sites for hydroxylation is 2. The summed E-state index contributed by atoms with van der Waals surface area (Å²) in [6, 6.07) is 22.0. The van der Waals surface area contributed by atoms with Gasteiger partial charge in [-0.3, -0.25) is 24.4 Å². The van der Waals surface area contributed by atoms with Crippen molar-refractivity contribution < 1.29 is 55.8 Å². The standard InChI is InChI=1S/C48H52FN5O11S/c1-3-8-37-40(62-24-7-25-63-42-28-39(55)38(27-31(42)4-2)32-11-16-36(49)17-12-32)18-13-33-14-19-41(65-46(33)37)48(58)50-22-21-45(56)64-26-23-51-47(57)35-15-20-44(52-29-35)54-53-30-34-9-5-6-10-43(34)66(59,60)61/h5-6,9-13,15-18,20,27-30,41,55H,3-4,7-8,14,19,21-26H2,1-2H3,(H,50,58)(H,51,57)(H,52,54)(H,59,60,61)/b53-30+. The Morgan fingerprint density at radius 3 is 2.44 bits per heavy atom. The minimum absolute atomic E-state index is 0.0317. The average Bonchev–Trinajstić information content (AvgIpc) is 3.31. The predicted octanol–water partition coefficient (Wildman–Crippen LogP) is 6.82. The highest BCUT2D eigenvalue weighted by Gasteiger charge is 2.29. The summed E-state index contributed by atoms with van der Waals surface area (Å²) in [4.78, 5) is 41.9. The van der Waals surface area contributed by atoms with Gasteiger partial charge in [0.2, 0.25) is 0 Å². The molecule has 0 spiro atoms. The molecule has 1 aliphatic rings. The molecule has 0 fully saturated rings. The van der Waals surface area contributed by atoms with Crippen LogP contribution >= 0.6 is 0 Å². The van der Waals surface area contributed by atoms with E-state index in [1.54, 1.807) is 24.3 Å². The molecule has 1 unspecified atom stereocenters. The maximum Gasteiger partial charge on any atom is 0.307 e. The molecule has 6 rings (SSSR count). The van der Waals surface area contributed by atoms with Crippen molar-refractivity contribution in [3.63, 3.8) is 0 Å². The molecule has 1 atom stereocenters. The zero-order valence-corrected chi connectivity index (χ0v) is 37.4. The molecule has 348 valence electrons. The third-order valence-corrected chi connectivity index (χ3v) is 11.4. The highest BCUT2D eigenvalue weighted by molar-refractivity contribution is 7.86. The van der Waals surface area contributed by atoms with Crippen LogP contribution in [-0.4, -0.2) is 86.1 Å². The molecule has 0 bridgehead atoms. The number of rotatable bonds is 22. The van der Waals surface area contributed by atoms with E-state index in [0.29, 0.717) is 73.7 Å². The van der Waals surface area contributed by atoms with Crippen LogP contribution in [0.3, 0.4) is 0 Å². The Bertz CT molecular complexity index is 2630. The summed E-state index contributed by atoms with van der Waals surface area (Å²) in [6.45, 7) is 4.72. The lowest BCUT2D eigenvalue weighted by Gasteiger charge is -2.28. The molecular weight excluding hydrogens is 874 g/mol. The lowest BCUT2D eigenvalue weighted by molar-refractivity contribution is -0.143. The summed E-state index contributed by atoms with van der Waals surface area (Å²) in [6.07, 6.45) is 5.48. The highest BCUT2D eigenvalue weighted by Crippen LogP contribution is 2.39. The number of ether oxygens (including phenoxy) is 4. The number of fused-ring (bicyclic) bond motifs is 1. The van der Waals surface area contributed by atoms with Gasteiger partial charge in [-0.2, -0.15) is 13.5 Å². The summed E-state index contributed by atoms with van der Waals surface area (Å²) >= 11 is 0. The number of carbonyl (C=O) groups excluding carboxylic acids is 3. The van der Waals surface area contributed by atoms with Crippen molar-refractivity contribution in [1.82, 2.24) is 15.6 Å². The molecule has 0 radical (unpaired) electrons. The Kier molecular flexibility index (Phi) is 17.0. The van der Waals surface area contributed by atoms with Gasteiger partial charge >= 0.3 is 5.97 Å². The average molecular weight is 926 g/mol. The fourth-order valence-electron chi connectivity index (χ4n) is 7.09. The van der Waals surface area contributed by atoms with Crippen LogP contribution in [0.4, 0.5) is 10.2 Å². The number of esters is 1. The molecule has 0 aliphatic carbocycles. The fraction of sp³-hybridized carbons (Fsp3) is 0.312. The molecule has 1 aromatic heterocycles. The van der Waals surface area contributed by atoms with Crippen molar-refractivity contribution in [3.8, 4) is 34.1 Å². The van der Waals surface area contributed by atoms with Gasteiger partial charge in [-0.05, 0) is 84.8 Å². The minimum atomic E-state index is -4.43. The van der Waals surface area contributed by atoms with E-state index in [9.17, 15) is 36.9 Å². The normalized spacial score (nSPS) is 13.3. The zero-order valence-electron chi connectivity index (χ0n) is 36.5. The van der Waals surface area contributed by atoms with Crippen LogP contribution in [0.2, 0.25) is 0 Å². The molecule has 2 heterocycles. The zero-order chi connectivity index (χ0) is 47.1. The number of benzene rings is 4. The van der Waals surface area contributed by atoms with Crippen LogP contribution in [0.25, 0.3) is 11.1 Å². The molecule has 16 nitrogen and oxygen atoms in total. The smallest absolute Gasteiger partial charge is 0.307 e. The first-order chi connectivity index (χ1) is 31.8. The first-order valence-corrected chi connectivity index (χ1v) is 23.0. The van der Waals surface area contributed by atoms with Gasteiger partial charge in [-0.15, -0.1) is 0 Å². The molecule has 5 aromatic rings. The second-order valence-electron chi connectivity index (χ2n) is 15.1. The molecule has 2 amide bonds. The van der Waals surface area contributed by atoms with Crippen molar-refractivity contribution in [2.75, 3.05) is 38.3 Å². The summed E-state index contributed by atoms with van der Waals surface area (Å²) in [5.41, 5.74) is 7.10. The number of anilines is 1. The van der Waals surface area contributed by atoms with Crippen molar-refractivity contribution in [2.24, 2.45) is 5.10 Å². The number of hydrogen-bond acceptors (Lipinski definition) is 13. The van der Waals surface area contributed by atoms with Crippen molar-refractivity contribution in [3.05, 3.63) is 125 Å². The Balaban J connectivity index is 0.893. The van der Waals surface area contributed by atoms with Crippen LogP contribution in [0, 0.1) is 5.82 Å². The van der Waals surface area contributed by atoms with E-state index in [-0.39, 0.29) is 65.4 Å². The fourth-order valence-corrected chi connectivity index (χ4v) is 7.76. The number of pyridine rings is 1. The number of phenolic OH excluding ortho intramolecular Hbond substituents is 1. The quantitative estimate of drug-likeness (QED) is 0.0158. The second kappa shape index (κ2) is 23.2. The van der Waals surface area contributed by atoms with E-state index >= 15 is 0 Å². The van der Waals surface area contributed by atoms with Crippen molar-refractivity contribution in [1.29, 1.82) is 0 Å². The highest BCUT2D eigenvalue weighted by atomic mass is 32.2. The Labute approximate surface area is 382 Å². The maximum absolute atomic E-state index is 13.5. The van der Waals surface area contributed by atoms with Crippen LogP contribution < -0.4 is 30.3 Å². The number of nitrogens with one attached hydrogen (secondary N) is 3. The van der Waals surface area contributed by atoms with Gasteiger partial charge in [-0.25, -0.2) is 9.37 Å². The van der Waals surface area contributed by atoms with Gasteiger partial charge in [-0.1, -0.05) is 56.7 Å². The number of aromatic nitrogens is 1. The summed E-state index contributed by atoms with van der Waals surface area (Å²) in [7, 11) is -4.43. The van der Waals surface area contributed by atoms with E-state index < -0.39 is 28.1 Å². The van der Waals surface area contributed by atoms with E-state index in [4.69, 9.17) is 18.9 Å². The van der Waals surface area contributed by atoms with Gasteiger partial charge in [0.05, 0.1) is 38.0 Å². The predicted molar refractivity (Wildman–Crippen MR) is 244 cm³/mol. The first kappa shape index (κ1) is 48.4. The summed E-state index contributed by atoms with van der Waals surface area (Å²) < 4.78 is 69.7. The minimum Gasteiger partial charge on any atom is -0.507 e. The SMILES string of the molecule is CCCc1c(OCCCOc2cc(O)c(-c3ccc(F)cc3)cc2CC)ccc2c1OC(C(=O)NCCC(=O)OCCNC(=O)c1ccc(N/N=C/c3ccccc3S(=O)(=O)O)nc1)CC2. The third kappa shape index (κ3) is 13.3. The van der Waals surface area contributed by atoms with Crippen molar-refractivity contribution >= 4 is 39.9 Å². The number of phenols is 1. The van der Waals surface area contributed by atoms with Crippen LogP contribution in [-0.2, 0) is 43.7 Å². The number of carbonyl (C=O) groups is 3. The summed E-state index contributed by atoms with van der Waals surface area (Å²) in [5.74, 6) is 0.475. The molecule has 18 heteroatoms. The Morgan fingerprint density at radius 2 is 1.71 bits per heavy atom. The molecule has 1 aliphatic heterocycles. The monoisotopic (exact) mass is 925 g/mol. The van der Waals surface area contributed by atoms with E-state index in [0.717, 1.165) is 23.1 Å². The molecule has 0 saturated carbocycles. The van der Waals surface area contributed by atoms with Crippen LogP contribution in [0.5, 0.6) is 23.0 Å². The number of aromatic hydroxyl groups is 1. The Morgan fingerprint density at radius 1 is 0.939 bits per heavy atom. The largest absolute Gasteiger partial charge is 0.507 e. The number of hydrogen-bond donors (Lipinski definition) is 5. The van der Waals surface area contributed by atoms with Gasteiger partial charge in [0.25, 0.3) is 21.9 Å². The third-order valence-electron chi connectivity index (χ3n) is 10.4. The number of nitrogens with zero attached hydrogens (tertiary/aromatic N) is 2. The first-order valence-electron chi connectivity index (χ1n) is 21.6. The van der Waals surface area contributed by atoms with Crippen molar-refractivity contribution in [2.45, 2.75) is 69.8 Å². The molecule has 5 N–H and O–H groups in total. The lowest BCUT2D eigenvalue weighted by atomic mass is 9.96. The lowest BCUT2D eigenvalue weighted by Crippen LogP contribution is -2.41. The molecule has 4 aromatic carbocycles. The molecule has 0 saturated heterocycles. The van der Waals surface area contributed by atoms with Gasteiger partial charge in [0, 0.05) is 41.9 Å². The maximum atomic E-state index is 13.5. The number of hydrazone groups is 1. The number of halogens is 1. The molecule has 66 heavy (non-hydrogen) atoms. The van der Waals surface area contributed by atoms with Gasteiger partial charge < -0.3 is 34.7 Å². The van der Waals surface area contributed by atoms with Crippen LogP contribution in [0.15, 0.2) is 101 Å². The molecular formula is C48H52FN5O11S. The van der Waals surface area contributed by atoms with E-state index in [1.807, 2.05) is 25.1 Å². The van der Waals surface area contributed by atoms with Gasteiger partial charge in [0.1, 0.15) is 46.1 Å². The second-order valence-corrected chi connectivity index (χ2v) is 16.5. The van der Waals surface area contributed by atoms with E-state index in [2.05, 4.69) is 33.1 Å². The van der Waals surface area contributed by atoms with E-state index in [1.165, 1.54) is 54.9 Å². The van der Waals surface area contributed by atoms with Crippen LogP contribution in [0.1, 0.15) is 72.1 Å².